The zero-order chi connectivity index (χ0) is 14.7. The molecule has 0 saturated carbocycles. The third-order valence-corrected chi connectivity index (χ3v) is 2.85. The van der Waals surface area contributed by atoms with Gasteiger partial charge in [0.2, 0.25) is 0 Å². The van der Waals surface area contributed by atoms with E-state index in [0.29, 0.717) is 23.0 Å². The molecule has 2 rings (SSSR count). The Morgan fingerprint density at radius 2 is 2.10 bits per heavy atom. The van der Waals surface area contributed by atoms with Gasteiger partial charge in [0, 0.05) is 6.07 Å². The van der Waals surface area contributed by atoms with Crippen molar-refractivity contribution in [3.63, 3.8) is 0 Å². The van der Waals surface area contributed by atoms with Crippen LogP contribution in [-0.2, 0) is 6.54 Å². The average Bonchev–Trinajstić information content (AvgIpc) is 2.73. The fourth-order valence-corrected chi connectivity index (χ4v) is 1.93. The Balaban J connectivity index is 2.63. The molecule has 20 heavy (non-hydrogen) atoms. The summed E-state index contributed by atoms with van der Waals surface area (Å²) in [5, 5.41) is 12.7. The fraction of sp³-hybridized carbons (Fsp3) is 0.308. The molecule has 1 heterocycles. The number of nitriles is 1. The standard InChI is InChI=1S/C13H14N4O3/c1-9-15-16(7-6-14)13(18)17(9)11-5-4-10(19-2)8-12(11)20-3/h4-5,8H,7H2,1-3H3. The Bertz CT molecular complexity index is 724. The molecule has 0 aliphatic rings. The Hall–Kier alpha value is -2.75. The molecule has 0 spiro atoms. The highest BCUT2D eigenvalue weighted by molar-refractivity contribution is 5.51. The number of ether oxygens (including phenoxy) is 2. The first-order chi connectivity index (χ1) is 9.62. The first-order valence-corrected chi connectivity index (χ1v) is 5.88. The smallest absolute Gasteiger partial charge is 0.351 e. The minimum Gasteiger partial charge on any atom is -0.497 e. The SMILES string of the molecule is COc1ccc(-n2c(C)nn(CC#N)c2=O)c(OC)c1. The van der Waals surface area contributed by atoms with Crippen molar-refractivity contribution in [2.45, 2.75) is 13.5 Å². The molecule has 0 aliphatic carbocycles. The lowest BCUT2D eigenvalue weighted by Gasteiger charge is -2.10. The Kier molecular flexibility index (Phi) is 3.75. The predicted octanol–water partition coefficient (Wildman–Crippen LogP) is 0.883. The lowest BCUT2D eigenvalue weighted by atomic mass is 10.2. The van der Waals surface area contributed by atoms with E-state index in [1.54, 1.807) is 32.2 Å². The molecule has 0 amide bonds. The highest BCUT2D eigenvalue weighted by atomic mass is 16.5. The van der Waals surface area contributed by atoms with E-state index in [4.69, 9.17) is 14.7 Å². The van der Waals surface area contributed by atoms with Crippen LogP contribution in [0.15, 0.2) is 23.0 Å². The van der Waals surface area contributed by atoms with Gasteiger partial charge in [-0.25, -0.2) is 9.36 Å². The third kappa shape index (κ3) is 2.23. The van der Waals surface area contributed by atoms with Crippen LogP contribution in [0, 0.1) is 18.3 Å². The van der Waals surface area contributed by atoms with Crippen LogP contribution in [0.2, 0.25) is 0 Å². The van der Waals surface area contributed by atoms with Gasteiger partial charge in [-0.3, -0.25) is 0 Å². The summed E-state index contributed by atoms with van der Waals surface area (Å²) in [6.07, 6.45) is 0. The molecule has 1 aromatic heterocycles. The Labute approximate surface area is 115 Å². The lowest BCUT2D eigenvalue weighted by molar-refractivity contribution is 0.393. The average molecular weight is 274 g/mol. The van der Waals surface area contributed by atoms with Crippen molar-refractivity contribution in [2.75, 3.05) is 14.2 Å². The quantitative estimate of drug-likeness (QED) is 0.826. The van der Waals surface area contributed by atoms with Crippen LogP contribution in [0.1, 0.15) is 5.82 Å². The number of nitrogens with zero attached hydrogens (tertiary/aromatic N) is 4. The second kappa shape index (κ2) is 5.48. The van der Waals surface area contributed by atoms with Crippen molar-refractivity contribution in [1.29, 1.82) is 5.26 Å². The van der Waals surface area contributed by atoms with Crippen LogP contribution >= 0.6 is 0 Å². The molecule has 1 aromatic carbocycles. The van der Waals surface area contributed by atoms with E-state index in [1.165, 1.54) is 11.7 Å². The number of aryl methyl sites for hydroxylation is 1. The molecule has 0 saturated heterocycles. The van der Waals surface area contributed by atoms with Crippen molar-refractivity contribution in [3.8, 4) is 23.3 Å². The van der Waals surface area contributed by atoms with Gasteiger partial charge in [-0.1, -0.05) is 0 Å². The molecule has 0 unspecified atom stereocenters. The summed E-state index contributed by atoms with van der Waals surface area (Å²) >= 11 is 0. The zero-order valence-corrected chi connectivity index (χ0v) is 11.5. The van der Waals surface area contributed by atoms with E-state index < -0.39 is 0 Å². The highest BCUT2D eigenvalue weighted by Gasteiger charge is 2.15. The van der Waals surface area contributed by atoms with Crippen molar-refractivity contribution in [2.24, 2.45) is 0 Å². The molecule has 0 N–H and O–H groups in total. The molecular formula is C13H14N4O3. The molecule has 0 radical (unpaired) electrons. The second-order valence-electron chi connectivity index (χ2n) is 4.02. The largest absolute Gasteiger partial charge is 0.497 e. The molecular weight excluding hydrogens is 260 g/mol. The lowest BCUT2D eigenvalue weighted by Crippen LogP contribution is -2.24. The van der Waals surface area contributed by atoms with E-state index in [9.17, 15) is 4.79 Å². The van der Waals surface area contributed by atoms with Crippen LogP contribution in [-0.4, -0.2) is 28.6 Å². The topological polar surface area (TPSA) is 82.1 Å². The summed E-state index contributed by atoms with van der Waals surface area (Å²) in [4.78, 5) is 12.2. The van der Waals surface area contributed by atoms with Gasteiger partial charge in [0.15, 0.2) is 0 Å². The molecule has 2 aromatic rings. The van der Waals surface area contributed by atoms with Crippen LogP contribution in [0.25, 0.3) is 5.69 Å². The minimum atomic E-state index is -0.382. The van der Waals surface area contributed by atoms with Gasteiger partial charge < -0.3 is 9.47 Å². The molecule has 0 bridgehead atoms. The van der Waals surface area contributed by atoms with E-state index in [0.717, 1.165) is 4.68 Å². The molecule has 0 aliphatic heterocycles. The van der Waals surface area contributed by atoms with Gasteiger partial charge >= 0.3 is 5.69 Å². The number of hydrogen-bond donors (Lipinski definition) is 0. The highest BCUT2D eigenvalue weighted by Crippen LogP contribution is 2.27. The summed E-state index contributed by atoms with van der Waals surface area (Å²) in [7, 11) is 3.06. The predicted molar refractivity (Wildman–Crippen MR) is 71.3 cm³/mol. The maximum absolute atomic E-state index is 12.2. The third-order valence-electron chi connectivity index (χ3n) is 2.85. The summed E-state index contributed by atoms with van der Waals surface area (Å²) < 4.78 is 12.9. The maximum atomic E-state index is 12.2. The van der Waals surface area contributed by atoms with Gasteiger partial charge in [0.05, 0.1) is 26.0 Å². The van der Waals surface area contributed by atoms with Crippen LogP contribution in [0.4, 0.5) is 0 Å². The molecule has 0 fully saturated rings. The Morgan fingerprint density at radius 3 is 2.70 bits per heavy atom. The van der Waals surface area contributed by atoms with Crippen molar-refractivity contribution in [1.82, 2.24) is 14.3 Å². The summed E-state index contributed by atoms with van der Waals surface area (Å²) in [6.45, 7) is 1.60. The van der Waals surface area contributed by atoms with Crippen LogP contribution in [0.5, 0.6) is 11.5 Å². The number of methoxy groups -OCH3 is 2. The van der Waals surface area contributed by atoms with Crippen LogP contribution in [0.3, 0.4) is 0 Å². The molecule has 7 nitrogen and oxygen atoms in total. The second-order valence-corrected chi connectivity index (χ2v) is 4.02. The van der Waals surface area contributed by atoms with Gasteiger partial charge in [-0.05, 0) is 19.1 Å². The number of aromatic nitrogens is 3. The fourth-order valence-electron chi connectivity index (χ4n) is 1.93. The molecule has 104 valence electrons. The normalized spacial score (nSPS) is 10.1. The van der Waals surface area contributed by atoms with E-state index in [2.05, 4.69) is 5.10 Å². The van der Waals surface area contributed by atoms with Crippen molar-refractivity contribution >= 4 is 0 Å². The zero-order valence-electron chi connectivity index (χ0n) is 11.5. The summed E-state index contributed by atoms with van der Waals surface area (Å²) in [6, 6.07) is 7.02. The van der Waals surface area contributed by atoms with Crippen molar-refractivity contribution in [3.05, 3.63) is 34.5 Å². The summed E-state index contributed by atoms with van der Waals surface area (Å²) in [5.74, 6) is 1.60. The first-order valence-electron chi connectivity index (χ1n) is 5.88. The van der Waals surface area contributed by atoms with Gasteiger partial charge in [-0.15, -0.1) is 0 Å². The number of hydrogen-bond acceptors (Lipinski definition) is 5. The number of benzene rings is 1. The van der Waals surface area contributed by atoms with Gasteiger partial charge in [-0.2, -0.15) is 15.0 Å². The van der Waals surface area contributed by atoms with E-state index in [1.807, 2.05) is 6.07 Å². The van der Waals surface area contributed by atoms with Gasteiger partial charge in [0.25, 0.3) is 0 Å². The Morgan fingerprint density at radius 1 is 1.35 bits per heavy atom. The monoisotopic (exact) mass is 274 g/mol. The molecule has 7 heteroatoms. The van der Waals surface area contributed by atoms with Gasteiger partial charge in [0.1, 0.15) is 23.9 Å². The first kappa shape index (κ1) is 13.7. The van der Waals surface area contributed by atoms with Crippen LogP contribution < -0.4 is 15.2 Å². The minimum absolute atomic E-state index is 0.0921. The number of rotatable bonds is 4. The summed E-state index contributed by atoms with van der Waals surface area (Å²) in [5.41, 5.74) is 0.174. The maximum Gasteiger partial charge on any atom is 0.351 e. The van der Waals surface area contributed by atoms with Crippen molar-refractivity contribution < 1.29 is 9.47 Å². The van der Waals surface area contributed by atoms with E-state index in [-0.39, 0.29) is 12.2 Å². The van der Waals surface area contributed by atoms with E-state index >= 15 is 0 Å². The molecule has 0 atom stereocenters.